The quantitative estimate of drug-likeness (QED) is 0.361. The standard InChI is InChI=1S/C19H28N6S.HI/c1-4-20-19(23-13-17-14(2)24-15(3)26-17)22-12-16-7-8-21-18(11-16)25-9-5-6-10-25;/h7-8,11H,4-6,9-10,12-13H2,1-3H3,(H2,20,22,23);1H. The smallest absolute Gasteiger partial charge is 0.191 e. The van der Waals surface area contributed by atoms with Crippen LogP contribution in [0.25, 0.3) is 0 Å². The van der Waals surface area contributed by atoms with E-state index in [2.05, 4.69) is 45.4 Å². The van der Waals surface area contributed by atoms with E-state index in [-0.39, 0.29) is 24.0 Å². The molecule has 0 aliphatic carbocycles. The predicted molar refractivity (Wildman–Crippen MR) is 124 cm³/mol. The number of rotatable bonds is 6. The van der Waals surface area contributed by atoms with E-state index in [0.29, 0.717) is 6.54 Å². The lowest BCUT2D eigenvalue weighted by Gasteiger charge is -2.16. The molecular formula is C19H29IN6S. The summed E-state index contributed by atoms with van der Waals surface area (Å²) in [7, 11) is 0. The minimum absolute atomic E-state index is 0. The molecule has 6 nitrogen and oxygen atoms in total. The number of guanidine groups is 1. The van der Waals surface area contributed by atoms with Crippen LogP contribution in [0, 0.1) is 13.8 Å². The number of nitrogens with one attached hydrogen (secondary N) is 2. The summed E-state index contributed by atoms with van der Waals surface area (Å²) in [6.07, 6.45) is 4.41. The molecule has 1 fully saturated rings. The van der Waals surface area contributed by atoms with Crippen LogP contribution in [0.2, 0.25) is 0 Å². The van der Waals surface area contributed by atoms with E-state index in [1.165, 1.54) is 23.3 Å². The molecule has 3 heterocycles. The second-order valence-corrected chi connectivity index (χ2v) is 7.79. The molecule has 1 aliphatic rings. The molecule has 148 valence electrons. The first kappa shape index (κ1) is 21.9. The molecule has 0 aromatic carbocycles. The Bertz CT molecular complexity index is 754. The van der Waals surface area contributed by atoms with Crippen LogP contribution in [0.1, 0.15) is 40.9 Å². The highest BCUT2D eigenvalue weighted by atomic mass is 127. The highest BCUT2D eigenvalue weighted by Gasteiger charge is 2.13. The number of aryl methyl sites for hydroxylation is 2. The Kier molecular flexibility index (Phi) is 8.75. The van der Waals surface area contributed by atoms with Gasteiger partial charge < -0.3 is 15.5 Å². The van der Waals surface area contributed by atoms with Gasteiger partial charge in [0.25, 0.3) is 0 Å². The van der Waals surface area contributed by atoms with Gasteiger partial charge in [-0.3, -0.25) is 0 Å². The number of hydrogen-bond acceptors (Lipinski definition) is 5. The Morgan fingerprint density at radius 2 is 2.04 bits per heavy atom. The minimum Gasteiger partial charge on any atom is -0.357 e. The Labute approximate surface area is 182 Å². The van der Waals surface area contributed by atoms with Crippen molar-refractivity contribution in [3.63, 3.8) is 0 Å². The van der Waals surface area contributed by atoms with Gasteiger partial charge in [0.2, 0.25) is 0 Å². The second-order valence-electron chi connectivity index (χ2n) is 6.51. The third kappa shape index (κ3) is 6.31. The lowest BCUT2D eigenvalue weighted by Crippen LogP contribution is -2.36. The number of nitrogens with zero attached hydrogens (tertiary/aromatic N) is 4. The first-order chi connectivity index (χ1) is 12.7. The SMILES string of the molecule is CCNC(=NCc1ccnc(N2CCCC2)c1)NCc1sc(C)nc1C.I. The van der Waals surface area contributed by atoms with Gasteiger partial charge in [0.15, 0.2) is 5.96 Å². The molecule has 0 amide bonds. The molecule has 3 rings (SSSR count). The molecule has 1 saturated heterocycles. The van der Waals surface area contributed by atoms with Gasteiger partial charge in [-0.2, -0.15) is 0 Å². The summed E-state index contributed by atoms with van der Waals surface area (Å²) in [5.74, 6) is 1.90. The lowest BCUT2D eigenvalue weighted by molar-refractivity contribution is 0.818. The van der Waals surface area contributed by atoms with Gasteiger partial charge >= 0.3 is 0 Å². The summed E-state index contributed by atoms with van der Waals surface area (Å²) in [5.41, 5.74) is 2.28. The molecule has 2 N–H and O–H groups in total. The first-order valence-electron chi connectivity index (χ1n) is 9.30. The van der Waals surface area contributed by atoms with Crippen LogP contribution in [0.3, 0.4) is 0 Å². The summed E-state index contributed by atoms with van der Waals surface area (Å²) < 4.78 is 0. The van der Waals surface area contributed by atoms with E-state index >= 15 is 0 Å². The molecule has 0 bridgehead atoms. The number of pyridine rings is 1. The van der Waals surface area contributed by atoms with Gasteiger partial charge in [-0.05, 0) is 51.3 Å². The summed E-state index contributed by atoms with van der Waals surface area (Å²) >= 11 is 1.73. The highest BCUT2D eigenvalue weighted by molar-refractivity contribution is 14.0. The molecule has 0 saturated carbocycles. The first-order valence-corrected chi connectivity index (χ1v) is 10.1. The fourth-order valence-corrected chi connectivity index (χ4v) is 3.97. The van der Waals surface area contributed by atoms with Crippen molar-refractivity contribution in [2.75, 3.05) is 24.5 Å². The van der Waals surface area contributed by atoms with E-state index < -0.39 is 0 Å². The van der Waals surface area contributed by atoms with Crippen LogP contribution >= 0.6 is 35.3 Å². The Morgan fingerprint density at radius 1 is 1.26 bits per heavy atom. The minimum atomic E-state index is 0. The highest BCUT2D eigenvalue weighted by Crippen LogP contribution is 2.19. The van der Waals surface area contributed by atoms with Crippen LogP contribution in [0.4, 0.5) is 5.82 Å². The molecule has 0 unspecified atom stereocenters. The number of anilines is 1. The normalized spacial score (nSPS) is 14.2. The van der Waals surface area contributed by atoms with Gasteiger partial charge in [0.1, 0.15) is 5.82 Å². The Balaban J connectivity index is 0.00000261. The zero-order chi connectivity index (χ0) is 18.4. The van der Waals surface area contributed by atoms with Crippen molar-refractivity contribution < 1.29 is 0 Å². The number of halogens is 1. The largest absolute Gasteiger partial charge is 0.357 e. The fraction of sp³-hybridized carbons (Fsp3) is 0.526. The van der Waals surface area contributed by atoms with E-state index in [1.807, 2.05) is 19.2 Å². The maximum atomic E-state index is 4.74. The summed E-state index contributed by atoms with van der Waals surface area (Å²) in [6, 6.07) is 4.21. The monoisotopic (exact) mass is 500 g/mol. The second kappa shape index (κ2) is 10.8. The molecule has 1 aliphatic heterocycles. The summed E-state index contributed by atoms with van der Waals surface area (Å²) in [6.45, 7) is 10.6. The van der Waals surface area contributed by atoms with Gasteiger partial charge in [0, 0.05) is 30.7 Å². The summed E-state index contributed by atoms with van der Waals surface area (Å²) in [5, 5.41) is 7.83. The molecular weight excluding hydrogens is 471 g/mol. The average molecular weight is 500 g/mol. The molecule has 0 radical (unpaired) electrons. The number of hydrogen-bond donors (Lipinski definition) is 2. The number of aromatic nitrogens is 2. The maximum Gasteiger partial charge on any atom is 0.191 e. The van der Waals surface area contributed by atoms with Crippen molar-refractivity contribution in [3.8, 4) is 0 Å². The van der Waals surface area contributed by atoms with Crippen molar-refractivity contribution in [3.05, 3.63) is 39.5 Å². The van der Waals surface area contributed by atoms with Crippen molar-refractivity contribution in [2.45, 2.75) is 46.7 Å². The number of thiazole rings is 1. The van der Waals surface area contributed by atoms with E-state index in [0.717, 1.165) is 48.7 Å². The van der Waals surface area contributed by atoms with Gasteiger partial charge in [-0.1, -0.05) is 0 Å². The van der Waals surface area contributed by atoms with Crippen molar-refractivity contribution in [2.24, 2.45) is 4.99 Å². The van der Waals surface area contributed by atoms with Crippen molar-refractivity contribution >= 4 is 47.1 Å². The molecule has 0 atom stereocenters. The zero-order valence-corrected chi connectivity index (χ0v) is 19.4. The van der Waals surface area contributed by atoms with E-state index in [9.17, 15) is 0 Å². The van der Waals surface area contributed by atoms with Crippen LogP contribution in [0.15, 0.2) is 23.3 Å². The molecule has 27 heavy (non-hydrogen) atoms. The zero-order valence-electron chi connectivity index (χ0n) is 16.3. The van der Waals surface area contributed by atoms with E-state index in [1.54, 1.807) is 11.3 Å². The predicted octanol–water partition coefficient (Wildman–Crippen LogP) is 3.63. The third-order valence-electron chi connectivity index (χ3n) is 4.42. The van der Waals surface area contributed by atoms with Gasteiger partial charge in [-0.15, -0.1) is 35.3 Å². The van der Waals surface area contributed by atoms with Crippen LogP contribution < -0.4 is 15.5 Å². The Hall–Kier alpha value is -1.42. The molecule has 8 heteroatoms. The number of aliphatic imine (C=N–C) groups is 1. The van der Waals surface area contributed by atoms with Crippen LogP contribution in [0.5, 0.6) is 0 Å². The molecule has 2 aromatic heterocycles. The van der Waals surface area contributed by atoms with Crippen LogP contribution in [-0.2, 0) is 13.1 Å². The van der Waals surface area contributed by atoms with Crippen molar-refractivity contribution in [1.29, 1.82) is 0 Å². The molecule has 0 spiro atoms. The topological polar surface area (TPSA) is 65.4 Å². The van der Waals surface area contributed by atoms with E-state index in [4.69, 9.17) is 4.99 Å². The van der Waals surface area contributed by atoms with Crippen molar-refractivity contribution in [1.82, 2.24) is 20.6 Å². The molecule has 2 aromatic rings. The fourth-order valence-electron chi connectivity index (χ4n) is 3.09. The Morgan fingerprint density at radius 3 is 2.70 bits per heavy atom. The average Bonchev–Trinajstić information content (AvgIpc) is 3.27. The summed E-state index contributed by atoms with van der Waals surface area (Å²) in [4.78, 5) is 17.3. The maximum absolute atomic E-state index is 4.74. The van der Waals surface area contributed by atoms with Gasteiger partial charge in [-0.25, -0.2) is 15.0 Å². The van der Waals surface area contributed by atoms with Crippen LogP contribution in [-0.4, -0.2) is 35.6 Å². The third-order valence-corrected chi connectivity index (χ3v) is 5.49. The van der Waals surface area contributed by atoms with Gasteiger partial charge in [0.05, 0.1) is 23.8 Å². The lowest BCUT2D eigenvalue weighted by atomic mass is 10.2.